The standard InChI is InChI=1S/C17H16Cl2N2O3S/c1-10(16(22)21-15-14(19)8-12(18)9-20-15)24-17(23)11(2)25-13-6-4-3-5-7-13/h3-11H,1-2H3,(H,20,21,22)/t10-,11+/m0/s1. The van der Waals surface area contributed by atoms with E-state index in [-0.39, 0.29) is 10.8 Å². The maximum absolute atomic E-state index is 12.1. The number of ether oxygens (including phenoxy) is 1. The Morgan fingerprint density at radius 3 is 2.52 bits per heavy atom. The highest BCUT2D eigenvalue weighted by Gasteiger charge is 2.23. The Balaban J connectivity index is 1.90. The zero-order valence-corrected chi connectivity index (χ0v) is 15.9. The van der Waals surface area contributed by atoms with E-state index in [9.17, 15) is 9.59 Å². The molecule has 1 aromatic carbocycles. The quantitative estimate of drug-likeness (QED) is 0.575. The van der Waals surface area contributed by atoms with Crippen LogP contribution < -0.4 is 5.32 Å². The van der Waals surface area contributed by atoms with Gasteiger partial charge in [-0.2, -0.15) is 0 Å². The lowest BCUT2D eigenvalue weighted by Crippen LogP contribution is -2.32. The minimum absolute atomic E-state index is 0.158. The van der Waals surface area contributed by atoms with E-state index in [4.69, 9.17) is 27.9 Å². The summed E-state index contributed by atoms with van der Waals surface area (Å²) in [6.45, 7) is 3.21. The lowest BCUT2D eigenvalue weighted by molar-refractivity contribution is -0.152. The molecule has 0 aliphatic carbocycles. The van der Waals surface area contributed by atoms with Crippen molar-refractivity contribution in [2.45, 2.75) is 30.1 Å². The summed E-state index contributed by atoms with van der Waals surface area (Å²) in [7, 11) is 0. The smallest absolute Gasteiger partial charge is 0.319 e. The van der Waals surface area contributed by atoms with Crippen molar-refractivity contribution in [3.8, 4) is 0 Å². The lowest BCUT2D eigenvalue weighted by Gasteiger charge is -2.16. The van der Waals surface area contributed by atoms with E-state index in [0.29, 0.717) is 5.02 Å². The summed E-state index contributed by atoms with van der Waals surface area (Å²) in [6, 6.07) is 10.9. The topological polar surface area (TPSA) is 68.3 Å². The van der Waals surface area contributed by atoms with Crippen molar-refractivity contribution in [1.82, 2.24) is 4.98 Å². The van der Waals surface area contributed by atoms with E-state index in [1.165, 1.54) is 30.9 Å². The summed E-state index contributed by atoms with van der Waals surface area (Å²) in [6.07, 6.45) is 0.373. The molecule has 0 spiro atoms. The zero-order valence-electron chi connectivity index (χ0n) is 13.5. The number of benzene rings is 1. The van der Waals surface area contributed by atoms with Crippen LogP contribution in [0, 0.1) is 0 Å². The van der Waals surface area contributed by atoms with Gasteiger partial charge in [0.1, 0.15) is 5.25 Å². The molecule has 0 unspecified atom stereocenters. The molecule has 0 bridgehead atoms. The second kappa shape index (κ2) is 9.08. The monoisotopic (exact) mass is 398 g/mol. The van der Waals surface area contributed by atoms with Gasteiger partial charge in [0.15, 0.2) is 11.9 Å². The molecule has 132 valence electrons. The molecule has 1 heterocycles. The van der Waals surface area contributed by atoms with E-state index in [1.807, 2.05) is 30.3 Å². The predicted molar refractivity (Wildman–Crippen MR) is 100 cm³/mol. The average Bonchev–Trinajstić information content (AvgIpc) is 2.58. The number of hydrogen-bond acceptors (Lipinski definition) is 5. The second-order valence-electron chi connectivity index (χ2n) is 5.13. The number of carbonyl (C=O) groups is 2. The van der Waals surface area contributed by atoms with Gasteiger partial charge in [-0.1, -0.05) is 41.4 Å². The number of rotatable bonds is 6. The minimum Gasteiger partial charge on any atom is -0.452 e. The first kappa shape index (κ1) is 19.6. The molecule has 1 aromatic heterocycles. The Bertz CT molecular complexity index is 759. The highest BCUT2D eigenvalue weighted by molar-refractivity contribution is 8.00. The molecular weight excluding hydrogens is 383 g/mol. The third kappa shape index (κ3) is 5.92. The van der Waals surface area contributed by atoms with Gasteiger partial charge in [0.2, 0.25) is 0 Å². The normalized spacial score (nSPS) is 13.0. The molecule has 0 fully saturated rings. The van der Waals surface area contributed by atoms with Crippen LogP contribution in [-0.2, 0) is 14.3 Å². The van der Waals surface area contributed by atoms with Gasteiger partial charge >= 0.3 is 5.97 Å². The number of nitrogens with zero attached hydrogens (tertiary/aromatic N) is 1. The van der Waals surface area contributed by atoms with Gasteiger partial charge in [0.25, 0.3) is 5.91 Å². The zero-order chi connectivity index (χ0) is 18.4. The number of nitrogens with one attached hydrogen (secondary N) is 1. The van der Waals surface area contributed by atoms with E-state index >= 15 is 0 Å². The first-order chi connectivity index (χ1) is 11.9. The molecule has 0 saturated heterocycles. The van der Waals surface area contributed by atoms with Crippen molar-refractivity contribution in [3.05, 3.63) is 52.6 Å². The van der Waals surface area contributed by atoms with Crippen molar-refractivity contribution in [1.29, 1.82) is 0 Å². The highest BCUT2D eigenvalue weighted by atomic mass is 35.5. The summed E-state index contributed by atoms with van der Waals surface area (Å²) in [5, 5.41) is 2.61. The Kier molecular flexibility index (Phi) is 7.11. The summed E-state index contributed by atoms with van der Waals surface area (Å²) in [5.41, 5.74) is 0. The highest BCUT2D eigenvalue weighted by Crippen LogP contribution is 2.25. The largest absolute Gasteiger partial charge is 0.452 e. The van der Waals surface area contributed by atoms with Crippen molar-refractivity contribution in [3.63, 3.8) is 0 Å². The van der Waals surface area contributed by atoms with E-state index in [1.54, 1.807) is 6.92 Å². The van der Waals surface area contributed by atoms with Crippen LogP contribution in [0.2, 0.25) is 10.0 Å². The van der Waals surface area contributed by atoms with Crippen LogP contribution in [-0.4, -0.2) is 28.2 Å². The first-order valence-corrected chi connectivity index (χ1v) is 9.04. The average molecular weight is 399 g/mol. The Hall–Kier alpha value is -1.76. The van der Waals surface area contributed by atoms with Gasteiger partial charge in [-0.05, 0) is 32.0 Å². The lowest BCUT2D eigenvalue weighted by atomic mass is 10.3. The number of halogens is 2. The Morgan fingerprint density at radius 1 is 1.20 bits per heavy atom. The fourth-order valence-corrected chi connectivity index (χ4v) is 3.10. The summed E-state index contributed by atoms with van der Waals surface area (Å²) in [5.74, 6) is -0.848. The van der Waals surface area contributed by atoms with Crippen LogP contribution >= 0.6 is 35.0 Å². The molecule has 0 aliphatic heterocycles. The van der Waals surface area contributed by atoms with Crippen LogP contribution in [0.5, 0.6) is 0 Å². The number of thioether (sulfide) groups is 1. The number of amides is 1. The van der Waals surface area contributed by atoms with Crippen LogP contribution in [0.1, 0.15) is 13.8 Å². The van der Waals surface area contributed by atoms with E-state index < -0.39 is 23.2 Å². The van der Waals surface area contributed by atoms with Gasteiger partial charge in [0.05, 0.1) is 10.0 Å². The molecule has 0 aliphatic rings. The summed E-state index contributed by atoms with van der Waals surface area (Å²) < 4.78 is 5.21. The van der Waals surface area contributed by atoms with Gasteiger partial charge in [0, 0.05) is 11.1 Å². The molecule has 1 N–H and O–H groups in total. The SMILES string of the molecule is C[C@H](OC(=O)[C@@H](C)Sc1ccccc1)C(=O)Nc1ncc(Cl)cc1Cl. The molecule has 2 aromatic rings. The van der Waals surface area contributed by atoms with Crippen molar-refractivity contribution in [2.24, 2.45) is 0 Å². The number of hydrogen-bond donors (Lipinski definition) is 1. The third-order valence-electron chi connectivity index (χ3n) is 3.10. The minimum atomic E-state index is -0.986. The van der Waals surface area contributed by atoms with Crippen molar-refractivity contribution >= 4 is 52.7 Å². The van der Waals surface area contributed by atoms with Gasteiger partial charge in [-0.3, -0.25) is 9.59 Å². The molecule has 0 radical (unpaired) electrons. The fraction of sp³-hybridized carbons (Fsp3) is 0.235. The predicted octanol–water partition coefficient (Wildman–Crippen LogP) is 4.44. The van der Waals surface area contributed by atoms with Gasteiger partial charge < -0.3 is 10.1 Å². The number of pyridine rings is 1. The maximum Gasteiger partial charge on any atom is 0.319 e. The third-order valence-corrected chi connectivity index (χ3v) is 4.68. The number of anilines is 1. The van der Waals surface area contributed by atoms with Crippen LogP contribution in [0.4, 0.5) is 5.82 Å². The molecule has 5 nitrogen and oxygen atoms in total. The van der Waals surface area contributed by atoms with Crippen molar-refractivity contribution in [2.75, 3.05) is 5.32 Å². The van der Waals surface area contributed by atoms with Gasteiger partial charge in [-0.25, -0.2) is 4.98 Å². The second-order valence-corrected chi connectivity index (χ2v) is 7.38. The van der Waals surface area contributed by atoms with Crippen LogP contribution in [0.3, 0.4) is 0 Å². The van der Waals surface area contributed by atoms with Crippen LogP contribution in [0.15, 0.2) is 47.5 Å². The molecule has 1 amide bonds. The number of carbonyl (C=O) groups excluding carboxylic acids is 2. The maximum atomic E-state index is 12.1. The number of aromatic nitrogens is 1. The number of esters is 1. The molecule has 8 heteroatoms. The van der Waals surface area contributed by atoms with Crippen molar-refractivity contribution < 1.29 is 14.3 Å². The molecular formula is C17H16Cl2N2O3S. The van der Waals surface area contributed by atoms with Gasteiger partial charge in [-0.15, -0.1) is 11.8 Å². The molecule has 2 rings (SSSR count). The van der Waals surface area contributed by atoms with E-state index in [2.05, 4.69) is 10.3 Å². The summed E-state index contributed by atoms with van der Waals surface area (Å²) in [4.78, 5) is 29.2. The molecule has 25 heavy (non-hydrogen) atoms. The summed E-state index contributed by atoms with van der Waals surface area (Å²) >= 11 is 13.1. The molecule has 0 saturated carbocycles. The Labute approximate surface area is 160 Å². The van der Waals surface area contributed by atoms with E-state index in [0.717, 1.165) is 4.90 Å². The fourth-order valence-electron chi connectivity index (χ4n) is 1.80. The molecule has 2 atom stereocenters. The Morgan fingerprint density at radius 2 is 1.88 bits per heavy atom. The first-order valence-electron chi connectivity index (χ1n) is 7.41. The van der Waals surface area contributed by atoms with Crippen LogP contribution in [0.25, 0.3) is 0 Å².